The Morgan fingerprint density at radius 3 is 2.52 bits per heavy atom. The molecule has 0 N–H and O–H groups in total. The highest BCUT2D eigenvalue weighted by Crippen LogP contribution is 2.32. The molecule has 2 aromatic rings. The number of benzene rings is 2. The number of hydrogen-bond donors (Lipinski definition) is 0. The number of aldehydes is 1. The van der Waals surface area contributed by atoms with E-state index in [0.717, 1.165) is 17.7 Å². The zero-order chi connectivity index (χ0) is 18.0. The Balaban J connectivity index is 1.72. The molecule has 1 heterocycles. The lowest BCUT2D eigenvalue weighted by atomic mass is 10.1. The number of rotatable bonds is 4. The van der Waals surface area contributed by atoms with E-state index in [-0.39, 0.29) is 11.9 Å². The number of carbonyl (C=O) groups is 3. The standard InChI is InChI=1S/C20H19NO4/c1-13-11-17-5-3-4-6-18(17)21(13)19(23)14(2)25-20(24)16-9-7-15(12-22)8-10-16/h3-10,12-14H,11H2,1-2H3/t13-,14+/m0/s1. The molecule has 5 nitrogen and oxygen atoms in total. The van der Waals surface area contributed by atoms with Crippen molar-refractivity contribution in [1.29, 1.82) is 0 Å². The van der Waals surface area contributed by atoms with Crippen molar-refractivity contribution in [2.75, 3.05) is 4.90 Å². The number of nitrogens with zero attached hydrogens (tertiary/aromatic N) is 1. The van der Waals surface area contributed by atoms with Crippen molar-refractivity contribution >= 4 is 23.9 Å². The first-order chi connectivity index (χ1) is 12.0. The number of esters is 1. The van der Waals surface area contributed by atoms with Crippen molar-refractivity contribution in [3.63, 3.8) is 0 Å². The fourth-order valence-corrected chi connectivity index (χ4v) is 3.07. The first-order valence-electron chi connectivity index (χ1n) is 8.18. The number of amides is 1. The summed E-state index contributed by atoms with van der Waals surface area (Å²) in [7, 11) is 0. The normalized spacial score (nSPS) is 16.9. The zero-order valence-corrected chi connectivity index (χ0v) is 14.1. The molecule has 0 aliphatic carbocycles. The molecule has 1 aliphatic heterocycles. The molecular weight excluding hydrogens is 318 g/mol. The SMILES string of the molecule is C[C@@H](OC(=O)c1ccc(C=O)cc1)C(=O)N1c2ccccc2C[C@@H]1C. The molecule has 1 aliphatic rings. The maximum Gasteiger partial charge on any atom is 0.338 e. The van der Waals surface area contributed by atoms with Crippen molar-refractivity contribution in [2.24, 2.45) is 0 Å². The van der Waals surface area contributed by atoms with Gasteiger partial charge in [0.05, 0.1) is 5.56 Å². The van der Waals surface area contributed by atoms with Crippen LogP contribution in [0.1, 0.15) is 40.1 Å². The molecule has 25 heavy (non-hydrogen) atoms. The zero-order valence-electron chi connectivity index (χ0n) is 14.1. The number of carbonyl (C=O) groups excluding carboxylic acids is 3. The summed E-state index contributed by atoms with van der Waals surface area (Å²) in [4.78, 5) is 37.4. The second-order valence-electron chi connectivity index (χ2n) is 6.18. The number of fused-ring (bicyclic) bond motifs is 1. The Kier molecular flexibility index (Phi) is 4.65. The molecule has 128 valence electrons. The lowest BCUT2D eigenvalue weighted by Gasteiger charge is -2.25. The molecule has 5 heteroatoms. The third-order valence-electron chi connectivity index (χ3n) is 4.36. The Morgan fingerprint density at radius 1 is 1.16 bits per heavy atom. The second-order valence-corrected chi connectivity index (χ2v) is 6.18. The molecule has 0 saturated carbocycles. The minimum atomic E-state index is -0.896. The molecule has 0 aromatic heterocycles. The predicted octanol–water partition coefficient (Wildman–Crippen LogP) is 3.02. The van der Waals surface area contributed by atoms with Crippen molar-refractivity contribution in [3.8, 4) is 0 Å². The first kappa shape index (κ1) is 16.9. The minimum absolute atomic E-state index is 0.0259. The highest BCUT2D eigenvalue weighted by molar-refractivity contribution is 6.01. The van der Waals surface area contributed by atoms with E-state index in [0.29, 0.717) is 17.4 Å². The van der Waals surface area contributed by atoms with Gasteiger partial charge < -0.3 is 9.64 Å². The smallest absolute Gasteiger partial charge is 0.338 e. The maximum absolute atomic E-state index is 12.8. The Morgan fingerprint density at radius 2 is 1.84 bits per heavy atom. The summed E-state index contributed by atoms with van der Waals surface area (Å²) >= 11 is 0. The van der Waals surface area contributed by atoms with Gasteiger partial charge in [0.25, 0.3) is 5.91 Å². The van der Waals surface area contributed by atoms with Gasteiger partial charge in [-0.15, -0.1) is 0 Å². The Bertz CT molecular complexity index is 813. The van der Waals surface area contributed by atoms with Gasteiger partial charge in [-0.05, 0) is 44.0 Å². The highest BCUT2D eigenvalue weighted by Gasteiger charge is 2.34. The molecule has 1 amide bonds. The summed E-state index contributed by atoms with van der Waals surface area (Å²) in [5.74, 6) is -0.825. The number of anilines is 1. The molecule has 2 aromatic carbocycles. The van der Waals surface area contributed by atoms with Crippen LogP contribution in [0.15, 0.2) is 48.5 Å². The van der Waals surface area contributed by atoms with E-state index in [1.54, 1.807) is 11.8 Å². The molecule has 0 unspecified atom stereocenters. The maximum atomic E-state index is 12.8. The van der Waals surface area contributed by atoms with E-state index in [2.05, 4.69) is 0 Å². The van der Waals surface area contributed by atoms with Crippen molar-refractivity contribution in [1.82, 2.24) is 0 Å². The van der Waals surface area contributed by atoms with E-state index in [9.17, 15) is 14.4 Å². The van der Waals surface area contributed by atoms with Crippen LogP contribution in [-0.2, 0) is 16.0 Å². The lowest BCUT2D eigenvalue weighted by molar-refractivity contribution is -0.126. The van der Waals surface area contributed by atoms with Crippen LogP contribution in [0.5, 0.6) is 0 Å². The monoisotopic (exact) mass is 337 g/mol. The van der Waals surface area contributed by atoms with Gasteiger partial charge in [-0.1, -0.05) is 30.3 Å². The van der Waals surface area contributed by atoms with Crippen LogP contribution in [0, 0.1) is 0 Å². The van der Waals surface area contributed by atoms with Gasteiger partial charge in [0.15, 0.2) is 6.10 Å². The van der Waals surface area contributed by atoms with E-state index >= 15 is 0 Å². The molecule has 0 fully saturated rings. The summed E-state index contributed by atoms with van der Waals surface area (Å²) in [5, 5.41) is 0. The molecule has 0 saturated heterocycles. The van der Waals surface area contributed by atoms with Crippen molar-refractivity contribution < 1.29 is 19.1 Å². The number of para-hydroxylation sites is 1. The Hall–Kier alpha value is -2.95. The van der Waals surface area contributed by atoms with Crippen LogP contribution < -0.4 is 4.90 Å². The third-order valence-corrected chi connectivity index (χ3v) is 4.36. The quantitative estimate of drug-likeness (QED) is 0.635. The van der Waals surface area contributed by atoms with Crippen molar-refractivity contribution in [2.45, 2.75) is 32.4 Å². The van der Waals surface area contributed by atoms with E-state index < -0.39 is 12.1 Å². The van der Waals surface area contributed by atoms with Crippen molar-refractivity contribution in [3.05, 3.63) is 65.2 Å². The summed E-state index contributed by atoms with van der Waals surface area (Å²) in [6, 6.07) is 13.9. The van der Waals surface area contributed by atoms with Gasteiger partial charge in [0.2, 0.25) is 0 Å². The van der Waals surface area contributed by atoms with Gasteiger partial charge in [0, 0.05) is 17.3 Å². The van der Waals surface area contributed by atoms with Crippen LogP contribution in [0.25, 0.3) is 0 Å². The van der Waals surface area contributed by atoms with Gasteiger partial charge >= 0.3 is 5.97 Å². The minimum Gasteiger partial charge on any atom is -0.449 e. The molecule has 0 radical (unpaired) electrons. The Labute approximate surface area is 146 Å². The van der Waals surface area contributed by atoms with Gasteiger partial charge in [-0.25, -0.2) is 4.79 Å². The summed E-state index contributed by atoms with van der Waals surface area (Å²) in [5.41, 5.74) is 2.77. The third kappa shape index (κ3) is 3.31. The average molecular weight is 337 g/mol. The molecule has 0 bridgehead atoms. The van der Waals surface area contributed by atoms with Gasteiger partial charge in [-0.3, -0.25) is 9.59 Å². The van der Waals surface area contributed by atoms with Gasteiger partial charge in [0.1, 0.15) is 6.29 Å². The topological polar surface area (TPSA) is 63.7 Å². The highest BCUT2D eigenvalue weighted by atomic mass is 16.5. The van der Waals surface area contributed by atoms with Gasteiger partial charge in [-0.2, -0.15) is 0 Å². The average Bonchev–Trinajstić information content (AvgIpc) is 2.96. The van der Waals surface area contributed by atoms with Crippen LogP contribution in [0.2, 0.25) is 0 Å². The van der Waals surface area contributed by atoms with Crippen LogP contribution in [0.3, 0.4) is 0 Å². The van der Waals surface area contributed by atoms with Crippen LogP contribution in [-0.4, -0.2) is 30.3 Å². The van der Waals surface area contributed by atoms with Crippen LogP contribution in [0.4, 0.5) is 5.69 Å². The predicted molar refractivity (Wildman–Crippen MR) is 93.8 cm³/mol. The fraction of sp³-hybridized carbons (Fsp3) is 0.250. The van der Waals surface area contributed by atoms with Crippen LogP contribution >= 0.6 is 0 Å². The first-order valence-corrected chi connectivity index (χ1v) is 8.18. The molecular formula is C20H19NO4. The van der Waals surface area contributed by atoms with E-state index in [4.69, 9.17) is 4.74 Å². The van der Waals surface area contributed by atoms with E-state index in [1.807, 2.05) is 31.2 Å². The fourth-order valence-electron chi connectivity index (χ4n) is 3.07. The molecule has 0 spiro atoms. The largest absolute Gasteiger partial charge is 0.449 e. The number of ether oxygens (including phenoxy) is 1. The second kappa shape index (κ2) is 6.89. The summed E-state index contributed by atoms with van der Waals surface area (Å²) in [6.07, 6.45) is 0.593. The van der Waals surface area contributed by atoms with E-state index in [1.165, 1.54) is 24.3 Å². The number of hydrogen-bond acceptors (Lipinski definition) is 4. The molecule has 3 rings (SSSR count). The summed E-state index contributed by atoms with van der Waals surface area (Å²) in [6.45, 7) is 3.55. The summed E-state index contributed by atoms with van der Waals surface area (Å²) < 4.78 is 5.33. The molecule has 2 atom stereocenters. The lowest BCUT2D eigenvalue weighted by Crippen LogP contribution is -2.43.